The summed E-state index contributed by atoms with van der Waals surface area (Å²) < 4.78 is 0. The monoisotopic (exact) mass is 334 g/mol. The predicted octanol–water partition coefficient (Wildman–Crippen LogP) is 3.54. The summed E-state index contributed by atoms with van der Waals surface area (Å²) in [6.45, 7) is 3.56. The first-order chi connectivity index (χ1) is 10.7. The third kappa shape index (κ3) is 3.70. The lowest BCUT2D eigenvalue weighted by atomic mass is 10.2. The molecule has 1 fully saturated rings. The van der Waals surface area contributed by atoms with Gasteiger partial charge in [0.25, 0.3) is 0 Å². The number of nitrogens with zero attached hydrogens (tertiary/aromatic N) is 4. The SMILES string of the molecule is Clc1ccc(/C=N\N2CCN(c3ccccn3)CC2)cc1Cl. The Balaban J connectivity index is 1.57. The molecule has 0 unspecified atom stereocenters. The van der Waals surface area contributed by atoms with E-state index in [9.17, 15) is 0 Å². The quantitative estimate of drug-likeness (QED) is 0.804. The molecule has 0 spiro atoms. The minimum absolute atomic E-state index is 0.547. The van der Waals surface area contributed by atoms with E-state index in [4.69, 9.17) is 23.2 Å². The minimum atomic E-state index is 0.547. The average Bonchev–Trinajstić information content (AvgIpc) is 2.57. The summed E-state index contributed by atoms with van der Waals surface area (Å²) in [5.74, 6) is 1.02. The Morgan fingerprint density at radius 1 is 1.00 bits per heavy atom. The highest BCUT2D eigenvalue weighted by Gasteiger charge is 2.16. The van der Waals surface area contributed by atoms with Gasteiger partial charge in [-0.2, -0.15) is 5.10 Å². The third-order valence-electron chi connectivity index (χ3n) is 3.54. The van der Waals surface area contributed by atoms with Gasteiger partial charge in [0.15, 0.2) is 0 Å². The summed E-state index contributed by atoms with van der Waals surface area (Å²) in [6, 6.07) is 11.5. The summed E-state index contributed by atoms with van der Waals surface area (Å²) in [7, 11) is 0. The molecule has 0 atom stereocenters. The molecule has 1 aromatic heterocycles. The standard InChI is InChI=1S/C16H16Cl2N4/c17-14-5-4-13(11-15(14)18)12-20-22-9-7-21(8-10-22)16-3-1-2-6-19-16/h1-6,11-12H,7-10H2/b20-12-. The fourth-order valence-corrected chi connectivity index (χ4v) is 2.63. The molecule has 0 amide bonds. The zero-order valence-electron chi connectivity index (χ0n) is 12.0. The molecule has 1 aliphatic rings. The van der Waals surface area contributed by atoms with Gasteiger partial charge >= 0.3 is 0 Å². The molecule has 0 saturated carbocycles. The molecule has 2 heterocycles. The van der Waals surface area contributed by atoms with Gasteiger partial charge in [-0.3, -0.25) is 5.01 Å². The van der Waals surface area contributed by atoms with Gasteiger partial charge in [0.2, 0.25) is 0 Å². The molecule has 1 aliphatic heterocycles. The van der Waals surface area contributed by atoms with Gasteiger partial charge in [-0.1, -0.05) is 35.3 Å². The molecule has 1 saturated heterocycles. The lowest BCUT2D eigenvalue weighted by Gasteiger charge is -2.33. The lowest BCUT2D eigenvalue weighted by molar-refractivity contribution is 0.271. The van der Waals surface area contributed by atoms with Gasteiger partial charge in [-0.05, 0) is 29.8 Å². The van der Waals surface area contributed by atoms with E-state index in [0.29, 0.717) is 10.0 Å². The van der Waals surface area contributed by atoms with Crippen LogP contribution in [0.1, 0.15) is 5.56 Å². The number of hydrogen-bond acceptors (Lipinski definition) is 4. The Bertz CT molecular complexity index is 652. The molecule has 0 aliphatic carbocycles. The van der Waals surface area contributed by atoms with E-state index in [-0.39, 0.29) is 0 Å². The molecule has 2 aromatic rings. The number of halogens is 2. The number of pyridine rings is 1. The zero-order valence-corrected chi connectivity index (χ0v) is 13.5. The Labute approximate surface area is 140 Å². The van der Waals surface area contributed by atoms with Crippen molar-refractivity contribution in [3.8, 4) is 0 Å². The van der Waals surface area contributed by atoms with Crippen molar-refractivity contribution in [3.05, 3.63) is 58.2 Å². The first kappa shape index (κ1) is 15.1. The summed E-state index contributed by atoms with van der Waals surface area (Å²) >= 11 is 11.9. The number of aromatic nitrogens is 1. The molecule has 0 N–H and O–H groups in total. The van der Waals surface area contributed by atoms with Crippen molar-refractivity contribution in [2.24, 2.45) is 5.10 Å². The van der Waals surface area contributed by atoms with Crippen molar-refractivity contribution >= 4 is 35.2 Å². The van der Waals surface area contributed by atoms with Crippen LogP contribution in [0.5, 0.6) is 0 Å². The zero-order chi connectivity index (χ0) is 15.4. The van der Waals surface area contributed by atoms with E-state index in [0.717, 1.165) is 37.6 Å². The van der Waals surface area contributed by atoms with Gasteiger partial charge in [-0.25, -0.2) is 4.98 Å². The molecular formula is C16H16Cl2N4. The van der Waals surface area contributed by atoms with Crippen LogP contribution in [0.2, 0.25) is 10.0 Å². The molecule has 22 heavy (non-hydrogen) atoms. The van der Waals surface area contributed by atoms with Crippen LogP contribution in [0, 0.1) is 0 Å². The van der Waals surface area contributed by atoms with Crippen LogP contribution in [-0.2, 0) is 0 Å². The number of anilines is 1. The van der Waals surface area contributed by atoms with Gasteiger partial charge in [0, 0.05) is 19.3 Å². The van der Waals surface area contributed by atoms with E-state index < -0.39 is 0 Å². The summed E-state index contributed by atoms with van der Waals surface area (Å²) in [4.78, 5) is 6.65. The fraction of sp³-hybridized carbons (Fsp3) is 0.250. The average molecular weight is 335 g/mol. The Hall–Kier alpha value is -1.78. The van der Waals surface area contributed by atoms with Crippen LogP contribution in [0.3, 0.4) is 0 Å². The number of benzene rings is 1. The second kappa shape index (κ2) is 6.99. The Kier molecular flexibility index (Phi) is 4.80. The van der Waals surface area contributed by atoms with Gasteiger partial charge in [-0.15, -0.1) is 0 Å². The largest absolute Gasteiger partial charge is 0.353 e. The van der Waals surface area contributed by atoms with Crippen molar-refractivity contribution in [3.63, 3.8) is 0 Å². The molecule has 1 aromatic carbocycles. The maximum atomic E-state index is 6.00. The highest BCUT2D eigenvalue weighted by Crippen LogP contribution is 2.22. The second-order valence-corrected chi connectivity index (χ2v) is 5.86. The number of hydrogen-bond donors (Lipinski definition) is 0. The van der Waals surface area contributed by atoms with Crippen LogP contribution < -0.4 is 4.90 Å². The molecular weight excluding hydrogens is 319 g/mol. The van der Waals surface area contributed by atoms with Crippen molar-refractivity contribution in [1.82, 2.24) is 9.99 Å². The van der Waals surface area contributed by atoms with Crippen LogP contribution in [0.4, 0.5) is 5.82 Å². The third-order valence-corrected chi connectivity index (χ3v) is 4.28. The number of hydrazone groups is 1. The Morgan fingerprint density at radius 3 is 2.50 bits per heavy atom. The van der Waals surface area contributed by atoms with Crippen LogP contribution in [0.25, 0.3) is 0 Å². The van der Waals surface area contributed by atoms with E-state index in [1.165, 1.54) is 0 Å². The fourth-order valence-electron chi connectivity index (χ4n) is 2.32. The molecule has 0 radical (unpaired) electrons. The number of piperazine rings is 1. The van der Waals surface area contributed by atoms with Gasteiger partial charge < -0.3 is 4.90 Å². The summed E-state index contributed by atoms with van der Waals surface area (Å²) in [5.41, 5.74) is 0.946. The van der Waals surface area contributed by atoms with Crippen LogP contribution in [0.15, 0.2) is 47.7 Å². The predicted molar refractivity (Wildman–Crippen MR) is 92.1 cm³/mol. The lowest BCUT2D eigenvalue weighted by Crippen LogP contribution is -2.44. The highest BCUT2D eigenvalue weighted by atomic mass is 35.5. The second-order valence-electron chi connectivity index (χ2n) is 5.05. The molecule has 114 valence electrons. The van der Waals surface area contributed by atoms with Crippen LogP contribution in [-0.4, -0.2) is 42.4 Å². The van der Waals surface area contributed by atoms with Crippen LogP contribution >= 0.6 is 23.2 Å². The molecule has 0 bridgehead atoms. The first-order valence-corrected chi connectivity index (χ1v) is 7.88. The maximum absolute atomic E-state index is 6.00. The highest BCUT2D eigenvalue weighted by molar-refractivity contribution is 6.42. The van der Waals surface area contributed by atoms with E-state index in [1.807, 2.05) is 42.7 Å². The van der Waals surface area contributed by atoms with Crippen molar-refractivity contribution in [2.45, 2.75) is 0 Å². The van der Waals surface area contributed by atoms with E-state index >= 15 is 0 Å². The smallest absolute Gasteiger partial charge is 0.128 e. The van der Waals surface area contributed by atoms with Crippen molar-refractivity contribution in [2.75, 3.05) is 31.1 Å². The minimum Gasteiger partial charge on any atom is -0.353 e. The van der Waals surface area contributed by atoms with E-state index in [2.05, 4.69) is 20.0 Å². The van der Waals surface area contributed by atoms with E-state index in [1.54, 1.807) is 6.07 Å². The maximum Gasteiger partial charge on any atom is 0.128 e. The van der Waals surface area contributed by atoms with Crippen molar-refractivity contribution in [1.29, 1.82) is 0 Å². The van der Waals surface area contributed by atoms with Gasteiger partial charge in [0.05, 0.1) is 29.3 Å². The first-order valence-electron chi connectivity index (χ1n) is 7.12. The number of rotatable bonds is 3. The molecule has 4 nitrogen and oxygen atoms in total. The van der Waals surface area contributed by atoms with Crippen molar-refractivity contribution < 1.29 is 0 Å². The summed E-state index contributed by atoms with van der Waals surface area (Å²) in [5, 5.41) is 7.67. The topological polar surface area (TPSA) is 31.7 Å². The molecule has 6 heteroatoms. The van der Waals surface area contributed by atoms with Gasteiger partial charge in [0.1, 0.15) is 5.82 Å². The summed E-state index contributed by atoms with van der Waals surface area (Å²) in [6.07, 6.45) is 3.64. The molecule has 3 rings (SSSR count). The Morgan fingerprint density at radius 2 is 1.82 bits per heavy atom. The normalized spacial score (nSPS) is 15.5.